The number of esters is 1. The van der Waals surface area contributed by atoms with E-state index in [9.17, 15) is 58.5 Å². The van der Waals surface area contributed by atoms with Crippen LogP contribution in [-0.2, 0) is 79.9 Å². The van der Waals surface area contributed by atoms with E-state index in [2.05, 4.69) is 21.3 Å². The predicted molar refractivity (Wildman–Crippen MR) is 301 cm³/mol. The summed E-state index contributed by atoms with van der Waals surface area (Å²) in [5.74, 6) is -3.81. The maximum atomic E-state index is 12.4. The number of likely N-dealkylation sites (N-methyl/N-ethyl adjacent to an activating group) is 2. The van der Waals surface area contributed by atoms with Crippen molar-refractivity contribution in [2.75, 3.05) is 72.6 Å². The van der Waals surface area contributed by atoms with E-state index in [-0.39, 0.29) is 68.8 Å². The van der Waals surface area contributed by atoms with Crippen LogP contribution in [0.3, 0.4) is 0 Å². The summed E-state index contributed by atoms with van der Waals surface area (Å²) in [6, 6.07) is 3.23. The van der Waals surface area contributed by atoms with Crippen LogP contribution in [0.2, 0.25) is 0 Å². The van der Waals surface area contributed by atoms with Gasteiger partial charge in [0.2, 0.25) is 17.7 Å². The van der Waals surface area contributed by atoms with Gasteiger partial charge in [-0.3, -0.25) is 38.6 Å². The summed E-state index contributed by atoms with van der Waals surface area (Å²) in [7, 11) is 5.02. The number of rotatable bonds is 30. The second kappa shape index (κ2) is 45.2. The van der Waals surface area contributed by atoms with Gasteiger partial charge in [0, 0.05) is 70.5 Å². The zero-order valence-corrected chi connectivity index (χ0v) is 50.0. The Morgan fingerprint density at radius 3 is 2.06 bits per heavy atom. The first-order valence-electron chi connectivity index (χ1n) is 27.3. The zero-order valence-electron chi connectivity index (χ0n) is 50.0. The number of carbonyl (C=O) groups excluding carboxylic acids is 8. The second-order valence-electron chi connectivity index (χ2n) is 18.3. The number of aliphatic carboxylic acids is 1. The monoisotopic (exact) mass is 1130 g/mol. The molecule has 0 spiro atoms. The zero-order chi connectivity index (χ0) is 61.3. The average Bonchev–Trinajstić information content (AvgIpc) is 3.75. The fourth-order valence-electron chi connectivity index (χ4n) is 7.60. The number of benzene rings is 1. The van der Waals surface area contributed by atoms with E-state index in [1.54, 1.807) is 44.3 Å². The Kier molecular flexibility index (Phi) is 44.5. The molecular weight excluding hydrogens is 1030 g/mol. The highest BCUT2D eigenvalue weighted by Gasteiger charge is 2.41. The molecule has 7 N–H and O–H groups in total. The number of aliphatic hydroxyl groups excluding tert-OH is 2. The highest BCUT2D eigenvalue weighted by atomic mass is 16.5. The minimum Gasteiger partial charge on any atom is -0.479 e. The molecule has 5 amide bonds. The molecule has 2 aliphatic rings. The van der Waals surface area contributed by atoms with E-state index >= 15 is 0 Å². The lowest BCUT2D eigenvalue weighted by Gasteiger charge is -2.35. The number of carboxylic acids is 1. The molecule has 1 saturated heterocycles. The number of hydrogen-bond donors (Lipinski definition) is 7. The van der Waals surface area contributed by atoms with Crippen molar-refractivity contribution in [3.8, 4) is 0 Å². The minimum atomic E-state index is -1.53. The summed E-state index contributed by atoms with van der Waals surface area (Å²) in [5, 5.41) is 40.2. The van der Waals surface area contributed by atoms with Crippen molar-refractivity contribution in [2.45, 2.75) is 183 Å². The number of aryl methyl sites for hydroxylation is 1. The van der Waals surface area contributed by atoms with Gasteiger partial charge in [-0.1, -0.05) is 68.4 Å². The molecule has 1 aromatic rings. The molecule has 23 heteroatoms. The van der Waals surface area contributed by atoms with Crippen LogP contribution in [0, 0.1) is 5.92 Å². The molecule has 23 nitrogen and oxygen atoms in total. The van der Waals surface area contributed by atoms with Gasteiger partial charge >= 0.3 is 11.9 Å². The van der Waals surface area contributed by atoms with Crippen molar-refractivity contribution >= 4 is 59.7 Å². The molecular formula is C56H98N6O17. The Hall–Kier alpha value is -5.53. The van der Waals surface area contributed by atoms with E-state index in [0.29, 0.717) is 62.0 Å². The minimum absolute atomic E-state index is 0.000171. The van der Waals surface area contributed by atoms with Gasteiger partial charge in [0.05, 0.1) is 56.2 Å². The molecule has 2 aliphatic heterocycles. The van der Waals surface area contributed by atoms with Gasteiger partial charge in [-0.15, -0.1) is 0 Å². The molecule has 0 radical (unpaired) electrons. The van der Waals surface area contributed by atoms with Crippen molar-refractivity contribution in [2.24, 2.45) is 5.92 Å². The van der Waals surface area contributed by atoms with Crippen molar-refractivity contribution < 1.29 is 82.2 Å². The molecule has 0 saturated carbocycles. The summed E-state index contributed by atoms with van der Waals surface area (Å²) in [4.78, 5) is 108. The molecule has 7 atom stereocenters. The summed E-state index contributed by atoms with van der Waals surface area (Å²) >= 11 is 0. The Labute approximate surface area is 469 Å². The first-order chi connectivity index (χ1) is 37.5. The van der Waals surface area contributed by atoms with Crippen LogP contribution in [0.15, 0.2) is 30.4 Å². The molecule has 79 heavy (non-hydrogen) atoms. The number of nitrogens with one attached hydrogen (secondary N) is 4. The molecule has 1 fully saturated rings. The van der Waals surface area contributed by atoms with Gasteiger partial charge in [0.15, 0.2) is 6.10 Å². The SMILES string of the molecule is CC.CC.CC.CCCOCCC(=O)NCC(C[C@H](C=O)N1C(=O)C=CC1=O)N(C)CC=O.CCOC(C)(C)COC.CNC(C(=O)NCC(=O)Nc1ccc(COC(C)=O)c(CCC2CC(O)[C@H](O)C(C(=O)O)O2)c1)C(C)C. The number of carboxylic acid groups (broad SMARTS) is 1. The van der Waals surface area contributed by atoms with Gasteiger partial charge in [0.1, 0.15) is 25.3 Å². The molecule has 2 heterocycles. The molecule has 0 aromatic heterocycles. The van der Waals surface area contributed by atoms with Crippen molar-refractivity contribution in [1.29, 1.82) is 0 Å². The Balaban J connectivity index is -0.00000120. The molecule has 3 rings (SSSR count). The first kappa shape index (κ1) is 77.7. The number of imide groups is 1. The molecule has 0 aliphatic carbocycles. The summed E-state index contributed by atoms with van der Waals surface area (Å²) in [6.45, 7) is 27.4. The fourth-order valence-corrected chi connectivity index (χ4v) is 7.60. The van der Waals surface area contributed by atoms with Crippen molar-refractivity contribution in [3.05, 3.63) is 41.5 Å². The quantitative estimate of drug-likeness (QED) is 0.0250. The van der Waals surface area contributed by atoms with Gasteiger partial charge in [-0.05, 0) is 89.7 Å². The lowest BCUT2D eigenvalue weighted by molar-refractivity contribution is -0.193. The third-order valence-electron chi connectivity index (χ3n) is 11.3. The van der Waals surface area contributed by atoms with Crippen molar-refractivity contribution in [1.82, 2.24) is 25.8 Å². The van der Waals surface area contributed by atoms with Crippen LogP contribution < -0.4 is 21.3 Å². The lowest BCUT2D eigenvalue weighted by atomic mass is 9.93. The number of aldehydes is 2. The topological polar surface area (TPSA) is 315 Å². The Bertz CT molecular complexity index is 1940. The van der Waals surface area contributed by atoms with Gasteiger partial charge < -0.3 is 69.9 Å². The normalized spacial score (nSPS) is 17.4. The first-order valence-corrected chi connectivity index (χ1v) is 27.3. The van der Waals surface area contributed by atoms with Gasteiger partial charge in [-0.25, -0.2) is 4.79 Å². The van der Waals surface area contributed by atoms with E-state index in [1.165, 1.54) is 6.92 Å². The van der Waals surface area contributed by atoms with Crippen LogP contribution >= 0.6 is 0 Å². The fraction of sp³-hybridized carbons (Fsp3) is 0.696. The summed E-state index contributed by atoms with van der Waals surface area (Å²) in [6.07, 6.45) is 0.460. The van der Waals surface area contributed by atoms with Gasteiger partial charge in [-0.2, -0.15) is 0 Å². The molecule has 454 valence electrons. The van der Waals surface area contributed by atoms with E-state index in [0.717, 1.165) is 30.1 Å². The number of hydrogen-bond acceptors (Lipinski definition) is 18. The van der Waals surface area contributed by atoms with Gasteiger partial charge in [0.25, 0.3) is 11.8 Å². The van der Waals surface area contributed by atoms with Crippen LogP contribution in [0.25, 0.3) is 0 Å². The van der Waals surface area contributed by atoms with Crippen molar-refractivity contribution in [3.63, 3.8) is 0 Å². The molecule has 1 aromatic carbocycles. The number of amides is 5. The standard InChI is InChI=1S/C25H37N3O9.C18H27N3O6.C7H16O2.3C2H6/c1-13(2)21(26-4)24(33)27-11-20(31)28-17-7-5-16(12-36-14(3)29)15(9-17)6-8-18-10-19(30)22(32)23(37-18)25(34)35;1-3-9-27-10-6-16(24)19-12-14(20(2)7-8-22)11-15(13-23)21-17(25)4-5-18(21)26;1-5-9-7(2,3)6-8-4;3*1-2/h5,7,9,13,18-19,21-23,26,30,32H,6,8,10-12H2,1-4H3,(H,27,33)(H,28,31)(H,34,35);4-5,8,13-15H,3,6-7,9-12H2,1-2H3,(H,19,24);5-6H2,1-4H3;3*1-2H3/t18?,19?,21?,22-,23?;14?,15-;;;;/m01..../s1. The van der Waals surface area contributed by atoms with Crippen LogP contribution in [0.4, 0.5) is 5.69 Å². The number of nitrogens with zero attached hydrogens (tertiary/aromatic N) is 2. The van der Waals surface area contributed by atoms with Crippen LogP contribution in [0.5, 0.6) is 0 Å². The molecule has 0 bridgehead atoms. The maximum absolute atomic E-state index is 12.4. The summed E-state index contributed by atoms with van der Waals surface area (Å²) in [5.41, 5.74) is 1.73. The van der Waals surface area contributed by atoms with Crippen LogP contribution in [0.1, 0.15) is 133 Å². The number of aliphatic hydroxyl groups is 2. The van der Waals surface area contributed by atoms with Crippen LogP contribution in [-0.4, -0.2) is 195 Å². The third-order valence-corrected chi connectivity index (χ3v) is 11.3. The highest BCUT2D eigenvalue weighted by Crippen LogP contribution is 2.26. The molecule has 5 unspecified atom stereocenters. The second-order valence-corrected chi connectivity index (χ2v) is 18.3. The predicted octanol–water partition coefficient (Wildman–Crippen LogP) is 3.77. The number of methoxy groups -OCH3 is 1. The summed E-state index contributed by atoms with van der Waals surface area (Å²) < 4.78 is 26.1. The Morgan fingerprint density at radius 1 is 0.937 bits per heavy atom. The number of anilines is 1. The number of ether oxygens (including phenoxy) is 5. The van der Waals surface area contributed by atoms with E-state index < -0.39 is 72.2 Å². The van der Waals surface area contributed by atoms with E-state index in [1.807, 2.05) is 83.1 Å². The lowest BCUT2D eigenvalue weighted by Crippen LogP contribution is -2.51. The third kappa shape index (κ3) is 32.4. The maximum Gasteiger partial charge on any atom is 0.335 e. The number of carbonyl (C=O) groups is 9. The smallest absolute Gasteiger partial charge is 0.335 e. The average molecular weight is 1130 g/mol. The Morgan fingerprint density at radius 2 is 1.56 bits per heavy atom. The highest BCUT2D eigenvalue weighted by molar-refractivity contribution is 6.14. The van der Waals surface area contributed by atoms with E-state index in [4.69, 9.17) is 23.7 Å². The largest absolute Gasteiger partial charge is 0.479 e.